The lowest BCUT2D eigenvalue weighted by Crippen LogP contribution is -2.49. The Morgan fingerprint density at radius 2 is 1.87 bits per heavy atom. The molecule has 0 aliphatic carbocycles. The van der Waals surface area contributed by atoms with Crippen molar-refractivity contribution in [1.29, 1.82) is 0 Å². The number of unbranched alkanes of at least 4 members (excludes halogenated alkanes) is 1. The molecule has 0 spiro atoms. The van der Waals surface area contributed by atoms with E-state index in [1.165, 1.54) is 18.4 Å². The summed E-state index contributed by atoms with van der Waals surface area (Å²) in [5, 5.41) is 11.2. The molecule has 0 radical (unpaired) electrons. The van der Waals surface area contributed by atoms with E-state index in [-0.39, 0.29) is 5.91 Å². The van der Waals surface area contributed by atoms with Crippen molar-refractivity contribution >= 4 is 28.6 Å². The fraction of sp³-hybridized carbons (Fsp3) is 0.476. The largest absolute Gasteiger partial charge is 0.352 e. The Bertz CT molecular complexity index is 992. The van der Waals surface area contributed by atoms with E-state index >= 15 is 0 Å². The molecule has 1 fully saturated rings. The Kier molecular flexibility index (Phi) is 6.18. The van der Waals surface area contributed by atoms with Gasteiger partial charge in [0.15, 0.2) is 17.0 Å². The van der Waals surface area contributed by atoms with Crippen LogP contribution in [0.3, 0.4) is 0 Å². The van der Waals surface area contributed by atoms with Crippen molar-refractivity contribution in [2.75, 3.05) is 42.9 Å². The SMILES string of the molecule is CCCCc1ccc(NC(=O)CN2CCN(c3ncnc4c3nnn4C)CC2)cc1. The van der Waals surface area contributed by atoms with E-state index in [1.54, 1.807) is 11.0 Å². The van der Waals surface area contributed by atoms with Gasteiger partial charge in [-0.05, 0) is 30.5 Å². The Labute approximate surface area is 176 Å². The molecule has 2 aromatic heterocycles. The first kappa shape index (κ1) is 20.2. The fourth-order valence-electron chi connectivity index (χ4n) is 3.73. The fourth-order valence-corrected chi connectivity index (χ4v) is 3.73. The Hall–Kier alpha value is -3.07. The van der Waals surface area contributed by atoms with Crippen LogP contribution in [0, 0.1) is 0 Å². The highest BCUT2D eigenvalue weighted by Crippen LogP contribution is 2.21. The quantitative estimate of drug-likeness (QED) is 0.638. The van der Waals surface area contributed by atoms with E-state index < -0.39 is 0 Å². The lowest BCUT2D eigenvalue weighted by atomic mass is 10.1. The molecule has 158 valence electrons. The summed E-state index contributed by atoms with van der Waals surface area (Å²) < 4.78 is 1.65. The van der Waals surface area contributed by atoms with E-state index in [0.29, 0.717) is 12.1 Å². The summed E-state index contributed by atoms with van der Waals surface area (Å²) in [6, 6.07) is 8.17. The second-order valence-corrected chi connectivity index (χ2v) is 7.69. The number of carbonyl (C=O) groups is 1. The zero-order valence-electron chi connectivity index (χ0n) is 17.6. The molecule has 9 heteroatoms. The van der Waals surface area contributed by atoms with Crippen molar-refractivity contribution < 1.29 is 4.79 Å². The number of fused-ring (bicyclic) bond motifs is 1. The van der Waals surface area contributed by atoms with Crippen LogP contribution in [0.2, 0.25) is 0 Å². The molecule has 0 saturated carbocycles. The molecule has 0 atom stereocenters. The third-order valence-electron chi connectivity index (χ3n) is 5.46. The topological polar surface area (TPSA) is 92.1 Å². The molecule has 3 aromatic rings. The van der Waals surface area contributed by atoms with Gasteiger partial charge in [-0.3, -0.25) is 9.69 Å². The molecule has 9 nitrogen and oxygen atoms in total. The van der Waals surface area contributed by atoms with E-state index in [4.69, 9.17) is 0 Å². The third kappa shape index (κ3) is 4.56. The van der Waals surface area contributed by atoms with Crippen molar-refractivity contribution in [1.82, 2.24) is 29.9 Å². The minimum Gasteiger partial charge on any atom is -0.352 e. The van der Waals surface area contributed by atoms with E-state index in [9.17, 15) is 4.79 Å². The zero-order valence-corrected chi connectivity index (χ0v) is 17.6. The minimum absolute atomic E-state index is 0.0168. The lowest BCUT2D eigenvalue weighted by Gasteiger charge is -2.34. The van der Waals surface area contributed by atoms with Crippen molar-refractivity contribution in [2.45, 2.75) is 26.2 Å². The summed E-state index contributed by atoms with van der Waals surface area (Å²) >= 11 is 0. The maximum atomic E-state index is 12.5. The predicted molar refractivity (Wildman–Crippen MR) is 116 cm³/mol. The minimum atomic E-state index is 0.0168. The van der Waals surface area contributed by atoms with Crippen molar-refractivity contribution in [3.63, 3.8) is 0 Å². The van der Waals surface area contributed by atoms with Gasteiger partial charge in [-0.25, -0.2) is 14.6 Å². The number of hydrogen-bond donors (Lipinski definition) is 1. The molecule has 3 heterocycles. The highest BCUT2D eigenvalue weighted by atomic mass is 16.2. The average molecular weight is 409 g/mol. The van der Waals surface area contributed by atoms with E-state index in [2.05, 4.69) is 54.5 Å². The second-order valence-electron chi connectivity index (χ2n) is 7.69. The highest BCUT2D eigenvalue weighted by molar-refractivity contribution is 5.92. The standard InChI is InChI=1S/C21H28N8O/c1-3-4-5-16-6-8-17(9-7-16)24-18(30)14-28-10-12-29(13-11-28)21-19-20(22-15-23-21)27(2)26-25-19/h6-9,15H,3-5,10-14H2,1-2H3,(H,24,30). The summed E-state index contributed by atoms with van der Waals surface area (Å²) in [5.74, 6) is 0.823. The van der Waals surface area contributed by atoms with Crippen LogP contribution in [-0.2, 0) is 18.3 Å². The molecule has 1 aromatic carbocycles. The first-order valence-corrected chi connectivity index (χ1v) is 10.5. The summed E-state index contributed by atoms with van der Waals surface area (Å²) in [5.41, 5.74) is 3.61. The van der Waals surface area contributed by atoms with E-state index in [1.807, 2.05) is 19.2 Å². The Balaban J connectivity index is 1.28. The predicted octanol–water partition coefficient (Wildman–Crippen LogP) is 1.86. The van der Waals surface area contributed by atoms with Crippen LogP contribution in [0.1, 0.15) is 25.3 Å². The number of aromatic nitrogens is 5. The number of hydrogen-bond acceptors (Lipinski definition) is 7. The van der Waals surface area contributed by atoms with Crippen molar-refractivity contribution in [2.24, 2.45) is 7.05 Å². The number of rotatable bonds is 7. The number of aryl methyl sites for hydroxylation is 2. The molecule has 1 amide bonds. The van der Waals surface area contributed by atoms with Gasteiger partial charge in [0.2, 0.25) is 5.91 Å². The van der Waals surface area contributed by atoms with Crippen LogP contribution < -0.4 is 10.2 Å². The normalized spacial score (nSPS) is 14.9. The Morgan fingerprint density at radius 1 is 1.10 bits per heavy atom. The number of nitrogens with one attached hydrogen (secondary N) is 1. The summed E-state index contributed by atoms with van der Waals surface area (Å²) in [6.45, 7) is 5.71. The van der Waals surface area contributed by atoms with Crippen molar-refractivity contribution in [3.8, 4) is 0 Å². The van der Waals surface area contributed by atoms with Crippen LogP contribution >= 0.6 is 0 Å². The number of piperazine rings is 1. The van der Waals surface area contributed by atoms with Gasteiger partial charge >= 0.3 is 0 Å². The lowest BCUT2D eigenvalue weighted by molar-refractivity contribution is -0.117. The monoisotopic (exact) mass is 408 g/mol. The molecule has 4 rings (SSSR count). The first-order chi connectivity index (χ1) is 14.6. The highest BCUT2D eigenvalue weighted by Gasteiger charge is 2.23. The molecule has 1 aliphatic heterocycles. The van der Waals surface area contributed by atoms with Crippen LogP contribution in [0.15, 0.2) is 30.6 Å². The van der Waals surface area contributed by atoms with Crippen LogP contribution in [0.25, 0.3) is 11.2 Å². The zero-order chi connectivity index (χ0) is 20.9. The maximum Gasteiger partial charge on any atom is 0.238 e. The molecular weight excluding hydrogens is 380 g/mol. The van der Waals surface area contributed by atoms with Gasteiger partial charge in [0, 0.05) is 38.9 Å². The molecule has 1 aliphatic rings. The van der Waals surface area contributed by atoms with Gasteiger partial charge in [0.25, 0.3) is 0 Å². The second kappa shape index (κ2) is 9.17. The maximum absolute atomic E-state index is 12.5. The summed E-state index contributed by atoms with van der Waals surface area (Å²) in [4.78, 5) is 25.5. The van der Waals surface area contributed by atoms with Crippen molar-refractivity contribution in [3.05, 3.63) is 36.2 Å². The molecule has 0 unspecified atom stereocenters. The van der Waals surface area contributed by atoms with Gasteiger partial charge in [-0.1, -0.05) is 30.7 Å². The van der Waals surface area contributed by atoms with Gasteiger partial charge in [-0.15, -0.1) is 5.10 Å². The Morgan fingerprint density at radius 3 is 2.60 bits per heavy atom. The third-order valence-corrected chi connectivity index (χ3v) is 5.46. The average Bonchev–Trinajstić information content (AvgIpc) is 3.15. The van der Waals surface area contributed by atoms with Gasteiger partial charge in [0.1, 0.15) is 6.33 Å². The number of benzene rings is 1. The van der Waals surface area contributed by atoms with Crippen LogP contribution in [0.5, 0.6) is 0 Å². The molecule has 0 bridgehead atoms. The molecule has 1 saturated heterocycles. The number of anilines is 2. The molecule has 30 heavy (non-hydrogen) atoms. The molecule has 1 N–H and O–H groups in total. The van der Waals surface area contributed by atoms with E-state index in [0.717, 1.165) is 49.8 Å². The summed E-state index contributed by atoms with van der Waals surface area (Å²) in [7, 11) is 1.82. The van der Waals surface area contributed by atoms with Gasteiger partial charge in [0.05, 0.1) is 6.54 Å². The van der Waals surface area contributed by atoms with Gasteiger partial charge in [-0.2, -0.15) is 0 Å². The number of amides is 1. The first-order valence-electron chi connectivity index (χ1n) is 10.5. The number of nitrogens with zero attached hydrogens (tertiary/aromatic N) is 7. The smallest absolute Gasteiger partial charge is 0.238 e. The molecular formula is C21H28N8O. The van der Waals surface area contributed by atoms with Gasteiger partial charge < -0.3 is 10.2 Å². The van der Waals surface area contributed by atoms with Crippen LogP contribution in [-0.4, -0.2) is 68.5 Å². The summed E-state index contributed by atoms with van der Waals surface area (Å²) in [6.07, 6.45) is 5.01. The number of carbonyl (C=O) groups excluding carboxylic acids is 1. The van der Waals surface area contributed by atoms with Crippen LogP contribution in [0.4, 0.5) is 11.5 Å².